The van der Waals surface area contributed by atoms with Gasteiger partial charge in [0.15, 0.2) is 6.29 Å². The van der Waals surface area contributed by atoms with Gasteiger partial charge >= 0.3 is 0 Å². The van der Waals surface area contributed by atoms with Crippen molar-refractivity contribution in [3.8, 4) is 0 Å². The summed E-state index contributed by atoms with van der Waals surface area (Å²) in [4.78, 5) is 0. The van der Waals surface area contributed by atoms with Crippen LogP contribution in [0.2, 0.25) is 0 Å². The first kappa shape index (κ1) is 15.0. The molecule has 1 aliphatic carbocycles. The second-order valence-corrected chi connectivity index (χ2v) is 6.06. The zero-order valence-corrected chi connectivity index (χ0v) is 12.0. The number of hydrogen-bond donors (Lipinski definition) is 2. The molecule has 0 aromatic rings. The Morgan fingerprint density at radius 2 is 2.05 bits per heavy atom. The van der Waals surface area contributed by atoms with Gasteiger partial charge in [-0.15, -0.1) is 0 Å². The molecule has 3 nitrogen and oxygen atoms in total. The van der Waals surface area contributed by atoms with Crippen molar-refractivity contribution in [1.82, 2.24) is 0 Å². The number of ether oxygens (including phenoxy) is 1. The lowest BCUT2D eigenvalue weighted by Gasteiger charge is -2.31. The van der Waals surface area contributed by atoms with Gasteiger partial charge in [0.1, 0.15) is 0 Å². The smallest absolute Gasteiger partial charge is 0.154 e. The highest BCUT2D eigenvalue weighted by Gasteiger charge is 2.39. The van der Waals surface area contributed by atoms with Gasteiger partial charge in [-0.3, -0.25) is 0 Å². The number of hydrogen-bond acceptors (Lipinski definition) is 3. The van der Waals surface area contributed by atoms with E-state index in [1.807, 2.05) is 6.08 Å². The van der Waals surface area contributed by atoms with E-state index in [4.69, 9.17) is 4.74 Å². The standard InChI is InChI=1S/C16H28O3/c1-2-3-4-5-13(17)8-6-12-7-10-15-14(12)9-11-16(18)19-15/h6,8,12-18H,2-5,7,9-11H2,1H3. The number of aliphatic hydroxyl groups is 2. The molecule has 5 atom stereocenters. The predicted octanol–water partition coefficient (Wildman–Crippen LogP) is 3.01. The van der Waals surface area contributed by atoms with E-state index in [0.29, 0.717) is 11.8 Å². The van der Waals surface area contributed by atoms with Crippen molar-refractivity contribution in [3.05, 3.63) is 12.2 Å². The van der Waals surface area contributed by atoms with E-state index in [1.54, 1.807) is 0 Å². The molecule has 0 bridgehead atoms. The van der Waals surface area contributed by atoms with Crippen LogP contribution in [-0.4, -0.2) is 28.7 Å². The number of aliphatic hydroxyl groups excluding tert-OH is 2. The minimum atomic E-state index is -0.552. The molecule has 2 N–H and O–H groups in total. The Kier molecular flexibility index (Phi) is 5.86. The third kappa shape index (κ3) is 4.30. The molecule has 2 fully saturated rings. The predicted molar refractivity (Wildman–Crippen MR) is 75.6 cm³/mol. The minimum absolute atomic E-state index is 0.232. The van der Waals surface area contributed by atoms with Crippen LogP contribution in [0.25, 0.3) is 0 Å². The van der Waals surface area contributed by atoms with Crippen LogP contribution in [0.1, 0.15) is 58.3 Å². The van der Waals surface area contributed by atoms with Gasteiger partial charge in [-0.2, -0.15) is 0 Å². The molecule has 1 aliphatic heterocycles. The SMILES string of the molecule is CCCCCC(O)C=CC1CCC2OC(O)CCC12. The maximum absolute atomic E-state index is 9.92. The van der Waals surface area contributed by atoms with Gasteiger partial charge < -0.3 is 14.9 Å². The molecule has 0 amide bonds. The Morgan fingerprint density at radius 3 is 2.84 bits per heavy atom. The van der Waals surface area contributed by atoms with E-state index in [9.17, 15) is 10.2 Å². The maximum atomic E-state index is 9.92. The second-order valence-electron chi connectivity index (χ2n) is 6.06. The average molecular weight is 268 g/mol. The molecular formula is C16H28O3. The molecule has 1 heterocycles. The fraction of sp³-hybridized carbons (Fsp3) is 0.875. The summed E-state index contributed by atoms with van der Waals surface area (Å²) >= 11 is 0. The molecule has 0 aromatic carbocycles. The molecule has 0 aromatic heterocycles. The lowest BCUT2D eigenvalue weighted by molar-refractivity contribution is -0.176. The summed E-state index contributed by atoms with van der Waals surface area (Å²) in [6.45, 7) is 2.18. The van der Waals surface area contributed by atoms with E-state index in [1.165, 1.54) is 12.8 Å². The van der Waals surface area contributed by atoms with Crippen LogP contribution in [0.15, 0.2) is 12.2 Å². The van der Waals surface area contributed by atoms with Crippen LogP contribution >= 0.6 is 0 Å². The van der Waals surface area contributed by atoms with Crippen LogP contribution in [-0.2, 0) is 4.74 Å². The average Bonchev–Trinajstić information content (AvgIpc) is 2.79. The summed E-state index contributed by atoms with van der Waals surface area (Å²) in [7, 11) is 0. The van der Waals surface area contributed by atoms with Gasteiger partial charge in [0.05, 0.1) is 12.2 Å². The van der Waals surface area contributed by atoms with Crippen molar-refractivity contribution >= 4 is 0 Å². The number of allylic oxidation sites excluding steroid dienone is 1. The molecule has 0 spiro atoms. The fourth-order valence-corrected chi connectivity index (χ4v) is 3.44. The first-order chi connectivity index (χ1) is 9.20. The van der Waals surface area contributed by atoms with Gasteiger partial charge in [-0.25, -0.2) is 0 Å². The molecule has 3 heteroatoms. The zero-order chi connectivity index (χ0) is 13.7. The van der Waals surface area contributed by atoms with Gasteiger partial charge in [0, 0.05) is 0 Å². The van der Waals surface area contributed by atoms with Crippen LogP contribution in [0.4, 0.5) is 0 Å². The van der Waals surface area contributed by atoms with Crippen molar-refractivity contribution < 1.29 is 14.9 Å². The highest BCUT2D eigenvalue weighted by atomic mass is 16.6. The Bertz CT molecular complexity index is 290. The monoisotopic (exact) mass is 268 g/mol. The first-order valence-electron chi connectivity index (χ1n) is 7.90. The van der Waals surface area contributed by atoms with Crippen molar-refractivity contribution in [2.24, 2.45) is 11.8 Å². The molecule has 2 rings (SSSR count). The largest absolute Gasteiger partial charge is 0.389 e. The minimum Gasteiger partial charge on any atom is -0.389 e. The summed E-state index contributed by atoms with van der Waals surface area (Å²) in [6, 6.07) is 0. The number of fused-ring (bicyclic) bond motifs is 1. The highest BCUT2D eigenvalue weighted by molar-refractivity contribution is 5.01. The van der Waals surface area contributed by atoms with E-state index in [-0.39, 0.29) is 12.2 Å². The zero-order valence-electron chi connectivity index (χ0n) is 12.0. The molecule has 1 saturated carbocycles. The summed E-state index contributed by atoms with van der Waals surface area (Å²) in [5.74, 6) is 1.07. The van der Waals surface area contributed by atoms with Gasteiger partial charge in [-0.1, -0.05) is 38.3 Å². The Labute approximate surface area is 116 Å². The lowest BCUT2D eigenvalue weighted by atomic mass is 9.88. The first-order valence-corrected chi connectivity index (χ1v) is 7.90. The van der Waals surface area contributed by atoms with Crippen molar-refractivity contribution in [1.29, 1.82) is 0 Å². The summed E-state index contributed by atoms with van der Waals surface area (Å²) in [5.41, 5.74) is 0. The van der Waals surface area contributed by atoms with Crippen LogP contribution in [0.3, 0.4) is 0 Å². The molecule has 1 saturated heterocycles. The fourth-order valence-electron chi connectivity index (χ4n) is 3.44. The molecule has 0 radical (unpaired) electrons. The van der Waals surface area contributed by atoms with Crippen LogP contribution in [0, 0.1) is 11.8 Å². The highest BCUT2D eigenvalue weighted by Crippen LogP contribution is 2.41. The summed E-state index contributed by atoms with van der Waals surface area (Å²) in [5, 5.41) is 19.4. The molecule has 5 unspecified atom stereocenters. The van der Waals surface area contributed by atoms with Crippen molar-refractivity contribution in [2.45, 2.75) is 76.8 Å². The third-order valence-electron chi connectivity index (χ3n) is 4.57. The third-order valence-corrected chi connectivity index (χ3v) is 4.57. The topological polar surface area (TPSA) is 49.7 Å². The Morgan fingerprint density at radius 1 is 1.21 bits per heavy atom. The Hall–Kier alpha value is -0.380. The van der Waals surface area contributed by atoms with E-state index < -0.39 is 6.29 Å². The van der Waals surface area contributed by atoms with Crippen LogP contribution < -0.4 is 0 Å². The lowest BCUT2D eigenvalue weighted by Crippen LogP contribution is -2.33. The van der Waals surface area contributed by atoms with Gasteiger partial charge in [0.25, 0.3) is 0 Å². The van der Waals surface area contributed by atoms with E-state index in [2.05, 4.69) is 13.0 Å². The van der Waals surface area contributed by atoms with E-state index in [0.717, 1.165) is 38.5 Å². The van der Waals surface area contributed by atoms with Gasteiger partial charge in [0.2, 0.25) is 0 Å². The maximum Gasteiger partial charge on any atom is 0.154 e. The van der Waals surface area contributed by atoms with Crippen LogP contribution in [0.5, 0.6) is 0 Å². The van der Waals surface area contributed by atoms with Crippen molar-refractivity contribution in [3.63, 3.8) is 0 Å². The van der Waals surface area contributed by atoms with E-state index >= 15 is 0 Å². The quantitative estimate of drug-likeness (QED) is 0.575. The summed E-state index contributed by atoms with van der Waals surface area (Å²) in [6.07, 6.45) is 11.9. The molecular weight excluding hydrogens is 240 g/mol. The summed E-state index contributed by atoms with van der Waals surface area (Å²) < 4.78 is 5.59. The molecule has 19 heavy (non-hydrogen) atoms. The number of unbranched alkanes of at least 4 members (excludes halogenated alkanes) is 2. The second kappa shape index (κ2) is 7.41. The Balaban J connectivity index is 1.76. The molecule has 2 aliphatic rings. The number of rotatable bonds is 6. The normalized spacial score (nSPS) is 36.6. The van der Waals surface area contributed by atoms with Gasteiger partial charge in [-0.05, 0) is 43.9 Å². The van der Waals surface area contributed by atoms with Crippen molar-refractivity contribution in [2.75, 3.05) is 0 Å². The molecule has 110 valence electrons.